The van der Waals surface area contributed by atoms with E-state index in [1.165, 1.54) is 11.1 Å². The fourth-order valence-electron chi connectivity index (χ4n) is 2.16. The molecule has 2 aliphatic heterocycles. The maximum Gasteiger partial charge on any atom is 0.254 e. The van der Waals surface area contributed by atoms with Crippen molar-refractivity contribution in [3.8, 4) is 0 Å². The van der Waals surface area contributed by atoms with Gasteiger partial charge in [-0.3, -0.25) is 19.9 Å². The van der Waals surface area contributed by atoms with Crippen LogP contribution in [-0.2, 0) is 16.1 Å². The summed E-state index contributed by atoms with van der Waals surface area (Å²) in [5.74, 6) is -0.787. The van der Waals surface area contributed by atoms with Crippen molar-refractivity contribution in [3.05, 3.63) is 35.9 Å². The third-order valence-electron chi connectivity index (χ3n) is 3.07. The molecule has 2 heterocycles. The summed E-state index contributed by atoms with van der Waals surface area (Å²) < 4.78 is 0. The highest BCUT2D eigenvalue weighted by atomic mass is 16.2. The van der Waals surface area contributed by atoms with Gasteiger partial charge in [-0.05, 0) is 5.56 Å². The van der Waals surface area contributed by atoms with Crippen LogP contribution in [-0.4, -0.2) is 29.0 Å². The predicted molar refractivity (Wildman–Crippen MR) is 60.9 cm³/mol. The van der Waals surface area contributed by atoms with E-state index in [-0.39, 0.29) is 11.8 Å². The number of imide groups is 1. The standard InChI is InChI=1S/C12H11N3O2/c16-11-9-6-13-14-10(9)12(17)15(11)7-8-4-2-1-3-5-8/h1-6,9-10,14H,7H2/t9-,10-/m1/s1. The summed E-state index contributed by atoms with van der Waals surface area (Å²) in [5.41, 5.74) is 3.62. The monoisotopic (exact) mass is 229 g/mol. The number of carbonyl (C=O) groups excluding carboxylic acids is 2. The molecule has 1 aromatic rings. The zero-order valence-corrected chi connectivity index (χ0v) is 9.04. The first-order chi connectivity index (χ1) is 8.27. The second kappa shape index (κ2) is 3.69. The average Bonchev–Trinajstić information content (AvgIpc) is 2.91. The van der Waals surface area contributed by atoms with Gasteiger partial charge in [0.2, 0.25) is 5.91 Å². The molecule has 2 atom stereocenters. The smallest absolute Gasteiger partial charge is 0.254 e. The van der Waals surface area contributed by atoms with E-state index in [2.05, 4.69) is 10.5 Å². The Hall–Kier alpha value is -2.17. The van der Waals surface area contributed by atoms with Crippen molar-refractivity contribution in [2.75, 3.05) is 0 Å². The third-order valence-corrected chi connectivity index (χ3v) is 3.07. The Kier molecular flexibility index (Phi) is 2.18. The molecule has 1 saturated heterocycles. The number of nitrogens with one attached hydrogen (secondary N) is 1. The molecule has 0 unspecified atom stereocenters. The summed E-state index contributed by atoms with van der Waals surface area (Å²) in [6.07, 6.45) is 1.51. The quantitative estimate of drug-likeness (QED) is 0.733. The first kappa shape index (κ1) is 10.0. The summed E-state index contributed by atoms with van der Waals surface area (Å²) in [5, 5.41) is 3.77. The van der Waals surface area contributed by atoms with Gasteiger partial charge in [-0.2, -0.15) is 5.10 Å². The molecule has 2 aliphatic rings. The van der Waals surface area contributed by atoms with Crippen LogP contribution < -0.4 is 5.43 Å². The Morgan fingerprint density at radius 1 is 1.18 bits per heavy atom. The first-order valence-corrected chi connectivity index (χ1v) is 5.45. The number of likely N-dealkylation sites (tertiary alicyclic amines) is 1. The van der Waals surface area contributed by atoms with Gasteiger partial charge in [0.05, 0.1) is 6.54 Å². The fourth-order valence-corrected chi connectivity index (χ4v) is 2.16. The SMILES string of the molecule is O=C1[C@@H]2C=NN[C@H]2C(=O)N1Cc1ccccc1. The van der Waals surface area contributed by atoms with E-state index >= 15 is 0 Å². The molecule has 1 N–H and O–H groups in total. The van der Waals surface area contributed by atoms with Crippen LogP contribution in [0.1, 0.15) is 5.56 Å². The van der Waals surface area contributed by atoms with Gasteiger partial charge in [0.1, 0.15) is 12.0 Å². The van der Waals surface area contributed by atoms with Crippen LogP contribution in [0, 0.1) is 5.92 Å². The summed E-state index contributed by atoms with van der Waals surface area (Å²) in [6, 6.07) is 8.99. The number of rotatable bonds is 2. The van der Waals surface area contributed by atoms with Crippen molar-refractivity contribution in [1.82, 2.24) is 10.3 Å². The summed E-state index contributed by atoms with van der Waals surface area (Å²) in [7, 11) is 0. The van der Waals surface area contributed by atoms with Crippen molar-refractivity contribution < 1.29 is 9.59 Å². The van der Waals surface area contributed by atoms with Gasteiger partial charge in [-0.15, -0.1) is 0 Å². The summed E-state index contributed by atoms with van der Waals surface area (Å²) in [6.45, 7) is 0.334. The molecule has 2 amide bonds. The highest BCUT2D eigenvalue weighted by molar-refractivity contribution is 6.14. The number of amides is 2. The van der Waals surface area contributed by atoms with Crippen LogP contribution >= 0.6 is 0 Å². The van der Waals surface area contributed by atoms with Gasteiger partial charge in [-0.1, -0.05) is 30.3 Å². The normalized spacial score (nSPS) is 26.2. The van der Waals surface area contributed by atoms with E-state index in [0.29, 0.717) is 6.54 Å². The van der Waals surface area contributed by atoms with Crippen LogP contribution in [0.25, 0.3) is 0 Å². The lowest BCUT2D eigenvalue weighted by molar-refractivity contribution is -0.140. The molecule has 1 fully saturated rings. The molecule has 0 bridgehead atoms. The molecular weight excluding hydrogens is 218 g/mol. The van der Waals surface area contributed by atoms with Crippen molar-refractivity contribution in [1.29, 1.82) is 0 Å². The zero-order valence-electron chi connectivity index (χ0n) is 9.04. The fraction of sp³-hybridized carbons (Fsp3) is 0.250. The minimum Gasteiger partial charge on any atom is -0.297 e. The minimum absolute atomic E-state index is 0.169. The van der Waals surface area contributed by atoms with Gasteiger partial charge in [0.15, 0.2) is 0 Å². The number of hydrazone groups is 1. The van der Waals surface area contributed by atoms with Gasteiger partial charge >= 0.3 is 0 Å². The van der Waals surface area contributed by atoms with E-state index in [4.69, 9.17) is 0 Å². The van der Waals surface area contributed by atoms with Crippen molar-refractivity contribution >= 4 is 18.0 Å². The van der Waals surface area contributed by atoms with Crippen molar-refractivity contribution in [2.45, 2.75) is 12.6 Å². The molecular formula is C12H11N3O2. The molecule has 0 aliphatic carbocycles. The van der Waals surface area contributed by atoms with Gasteiger partial charge in [-0.25, -0.2) is 0 Å². The lowest BCUT2D eigenvalue weighted by Crippen LogP contribution is -2.35. The Bertz CT molecular complexity index is 498. The lowest BCUT2D eigenvalue weighted by Gasteiger charge is -2.14. The number of hydrogen-bond acceptors (Lipinski definition) is 4. The second-order valence-electron chi connectivity index (χ2n) is 4.16. The Morgan fingerprint density at radius 3 is 2.65 bits per heavy atom. The summed E-state index contributed by atoms with van der Waals surface area (Å²) >= 11 is 0. The van der Waals surface area contributed by atoms with Gasteiger partial charge in [0, 0.05) is 6.21 Å². The molecule has 86 valence electrons. The highest BCUT2D eigenvalue weighted by Gasteiger charge is 2.48. The first-order valence-electron chi connectivity index (χ1n) is 5.45. The van der Waals surface area contributed by atoms with Crippen LogP contribution in [0.15, 0.2) is 35.4 Å². The average molecular weight is 229 g/mol. The number of hydrogen-bond donors (Lipinski definition) is 1. The Labute approximate surface area is 98.1 Å². The molecule has 0 aromatic heterocycles. The maximum absolute atomic E-state index is 12.0. The maximum atomic E-state index is 12.0. The largest absolute Gasteiger partial charge is 0.297 e. The molecule has 5 heteroatoms. The third kappa shape index (κ3) is 1.51. The topological polar surface area (TPSA) is 61.8 Å². The molecule has 3 rings (SSSR count). The lowest BCUT2D eigenvalue weighted by atomic mass is 10.1. The molecule has 1 aromatic carbocycles. The summed E-state index contributed by atoms with van der Waals surface area (Å²) in [4.78, 5) is 25.2. The number of nitrogens with zero attached hydrogens (tertiary/aromatic N) is 2. The molecule has 17 heavy (non-hydrogen) atoms. The molecule has 0 saturated carbocycles. The number of benzene rings is 1. The van der Waals surface area contributed by atoms with Crippen LogP contribution in [0.2, 0.25) is 0 Å². The Morgan fingerprint density at radius 2 is 1.94 bits per heavy atom. The number of carbonyl (C=O) groups is 2. The number of fused-ring (bicyclic) bond motifs is 1. The van der Waals surface area contributed by atoms with Crippen LogP contribution in [0.5, 0.6) is 0 Å². The van der Waals surface area contributed by atoms with E-state index in [0.717, 1.165) is 5.56 Å². The predicted octanol–water partition coefficient (Wildman–Crippen LogP) is 0.129. The molecule has 5 nitrogen and oxygen atoms in total. The van der Waals surface area contributed by atoms with Gasteiger partial charge < -0.3 is 0 Å². The van der Waals surface area contributed by atoms with E-state index in [1.54, 1.807) is 0 Å². The van der Waals surface area contributed by atoms with E-state index in [1.807, 2.05) is 30.3 Å². The van der Waals surface area contributed by atoms with Crippen LogP contribution in [0.3, 0.4) is 0 Å². The van der Waals surface area contributed by atoms with E-state index < -0.39 is 12.0 Å². The second-order valence-corrected chi connectivity index (χ2v) is 4.16. The van der Waals surface area contributed by atoms with Crippen molar-refractivity contribution in [2.24, 2.45) is 11.0 Å². The molecule has 0 spiro atoms. The van der Waals surface area contributed by atoms with Crippen LogP contribution in [0.4, 0.5) is 0 Å². The Balaban J connectivity index is 1.83. The zero-order chi connectivity index (χ0) is 11.8. The highest BCUT2D eigenvalue weighted by Crippen LogP contribution is 2.23. The van der Waals surface area contributed by atoms with E-state index in [9.17, 15) is 9.59 Å². The van der Waals surface area contributed by atoms with Gasteiger partial charge in [0.25, 0.3) is 5.91 Å². The minimum atomic E-state index is -0.494. The molecule has 0 radical (unpaired) electrons. The van der Waals surface area contributed by atoms with Crippen molar-refractivity contribution in [3.63, 3.8) is 0 Å².